The van der Waals surface area contributed by atoms with Crippen LogP contribution in [0.4, 0.5) is 0 Å². The Kier molecular flexibility index (Phi) is 3.48. The molecule has 2 aromatic rings. The molecule has 2 heterocycles. The minimum Gasteiger partial charge on any atom is -0.360 e. The largest absolute Gasteiger partial charge is 0.360 e. The monoisotopic (exact) mass is 228 g/mol. The highest BCUT2D eigenvalue weighted by Gasteiger charge is 2.00. The topological polar surface area (TPSA) is 74.7 Å². The van der Waals surface area contributed by atoms with E-state index in [-0.39, 0.29) is 0 Å². The van der Waals surface area contributed by atoms with Crippen molar-refractivity contribution in [3.05, 3.63) is 47.1 Å². The van der Waals surface area contributed by atoms with Crippen LogP contribution >= 0.6 is 0 Å². The van der Waals surface area contributed by atoms with Crippen LogP contribution in [0.3, 0.4) is 0 Å². The van der Waals surface area contributed by atoms with Crippen LogP contribution in [0, 0.1) is 18.3 Å². The molecule has 0 aliphatic carbocycles. The lowest BCUT2D eigenvalue weighted by molar-refractivity contribution is 0.369. The summed E-state index contributed by atoms with van der Waals surface area (Å²) < 4.78 is 5.07. The van der Waals surface area contributed by atoms with Gasteiger partial charge in [0, 0.05) is 18.8 Å². The fraction of sp³-hybridized carbons (Fsp3) is 0.250. The first kappa shape index (κ1) is 11.3. The van der Waals surface area contributed by atoms with Gasteiger partial charge >= 0.3 is 0 Å². The zero-order valence-corrected chi connectivity index (χ0v) is 9.47. The third-order valence-corrected chi connectivity index (χ3v) is 2.24. The summed E-state index contributed by atoms with van der Waals surface area (Å²) in [6.07, 6.45) is 1.63. The minimum absolute atomic E-state index is 0.430. The average molecular weight is 228 g/mol. The molecule has 2 aromatic heterocycles. The molecule has 0 spiro atoms. The van der Waals surface area contributed by atoms with Crippen molar-refractivity contribution in [2.45, 2.75) is 20.0 Å². The van der Waals surface area contributed by atoms with Gasteiger partial charge in [-0.3, -0.25) is 0 Å². The molecule has 0 fully saturated rings. The van der Waals surface area contributed by atoms with Gasteiger partial charge in [-0.05, 0) is 24.6 Å². The molecule has 0 aromatic carbocycles. The van der Waals surface area contributed by atoms with Gasteiger partial charge in [-0.2, -0.15) is 5.26 Å². The maximum atomic E-state index is 8.71. The van der Waals surface area contributed by atoms with Gasteiger partial charge in [0.05, 0.1) is 12.2 Å². The van der Waals surface area contributed by atoms with E-state index in [0.29, 0.717) is 18.8 Å². The summed E-state index contributed by atoms with van der Waals surface area (Å²) in [6.45, 7) is 3.16. The van der Waals surface area contributed by atoms with E-state index >= 15 is 0 Å². The molecule has 5 heteroatoms. The van der Waals surface area contributed by atoms with Crippen molar-refractivity contribution in [2.75, 3.05) is 0 Å². The fourth-order valence-corrected chi connectivity index (χ4v) is 1.48. The molecule has 0 unspecified atom stereocenters. The van der Waals surface area contributed by atoms with E-state index < -0.39 is 0 Å². The molecule has 2 rings (SSSR count). The SMILES string of the molecule is Cc1cc(CNCc2ccnc(C#N)c2)on1. The van der Waals surface area contributed by atoms with Crippen molar-refractivity contribution in [2.24, 2.45) is 0 Å². The van der Waals surface area contributed by atoms with Crippen LogP contribution < -0.4 is 5.32 Å². The Morgan fingerprint density at radius 3 is 3.00 bits per heavy atom. The Morgan fingerprint density at radius 1 is 1.41 bits per heavy atom. The summed E-state index contributed by atoms with van der Waals surface area (Å²) in [5.74, 6) is 0.803. The normalized spacial score (nSPS) is 10.1. The maximum Gasteiger partial charge on any atom is 0.150 e. The standard InChI is InChI=1S/C12H12N4O/c1-9-4-12(17-16-9)8-14-7-10-2-3-15-11(5-10)6-13/h2-5,14H,7-8H2,1H3. The first-order chi connectivity index (χ1) is 8.28. The third-order valence-electron chi connectivity index (χ3n) is 2.24. The van der Waals surface area contributed by atoms with Crippen LogP contribution in [0.2, 0.25) is 0 Å². The molecule has 0 saturated heterocycles. The van der Waals surface area contributed by atoms with Crippen molar-refractivity contribution in [1.82, 2.24) is 15.5 Å². The predicted octanol–water partition coefficient (Wildman–Crippen LogP) is 1.54. The maximum absolute atomic E-state index is 8.71. The highest BCUT2D eigenvalue weighted by atomic mass is 16.5. The van der Waals surface area contributed by atoms with E-state index in [2.05, 4.69) is 15.5 Å². The number of aromatic nitrogens is 2. The van der Waals surface area contributed by atoms with Crippen LogP contribution in [-0.4, -0.2) is 10.1 Å². The number of pyridine rings is 1. The molecule has 0 aliphatic rings. The van der Waals surface area contributed by atoms with Gasteiger partial charge in [0.15, 0.2) is 5.76 Å². The van der Waals surface area contributed by atoms with Crippen LogP contribution in [0.15, 0.2) is 28.9 Å². The lowest BCUT2D eigenvalue weighted by Gasteiger charge is -2.02. The number of aryl methyl sites for hydroxylation is 1. The Bertz CT molecular complexity index is 541. The van der Waals surface area contributed by atoms with Crippen molar-refractivity contribution in [3.8, 4) is 6.07 Å². The number of nitrogens with zero attached hydrogens (tertiary/aromatic N) is 3. The molecule has 0 atom stereocenters. The summed E-state index contributed by atoms with van der Waals surface area (Å²) in [5, 5.41) is 15.7. The number of rotatable bonds is 4. The average Bonchev–Trinajstić information content (AvgIpc) is 2.75. The second-order valence-electron chi connectivity index (χ2n) is 3.70. The Morgan fingerprint density at radius 2 is 2.29 bits per heavy atom. The molecule has 0 saturated carbocycles. The number of nitrogens with one attached hydrogen (secondary N) is 1. The summed E-state index contributed by atoms with van der Waals surface area (Å²) in [4.78, 5) is 3.91. The molecular formula is C12H12N4O. The van der Waals surface area contributed by atoms with Crippen molar-refractivity contribution >= 4 is 0 Å². The van der Waals surface area contributed by atoms with Crippen molar-refractivity contribution in [3.63, 3.8) is 0 Å². The number of hydrogen-bond acceptors (Lipinski definition) is 5. The molecular weight excluding hydrogens is 216 g/mol. The summed E-state index contributed by atoms with van der Waals surface area (Å²) in [7, 11) is 0. The lowest BCUT2D eigenvalue weighted by atomic mass is 10.2. The van der Waals surface area contributed by atoms with Crippen LogP contribution in [0.5, 0.6) is 0 Å². The van der Waals surface area contributed by atoms with E-state index in [1.54, 1.807) is 12.3 Å². The number of nitriles is 1. The zero-order chi connectivity index (χ0) is 12.1. The molecule has 0 bridgehead atoms. The van der Waals surface area contributed by atoms with E-state index in [1.165, 1.54) is 0 Å². The van der Waals surface area contributed by atoms with Gasteiger partial charge in [0.2, 0.25) is 0 Å². The first-order valence-corrected chi connectivity index (χ1v) is 5.26. The second-order valence-corrected chi connectivity index (χ2v) is 3.70. The van der Waals surface area contributed by atoms with Gasteiger partial charge in [-0.15, -0.1) is 0 Å². The molecule has 17 heavy (non-hydrogen) atoms. The van der Waals surface area contributed by atoms with Gasteiger partial charge in [-0.1, -0.05) is 5.16 Å². The second kappa shape index (κ2) is 5.23. The Labute approximate surface area is 99.1 Å². The first-order valence-electron chi connectivity index (χ1n) is 5.26. The highest BCUT2D eigenvalue weighted by Crippen LogP contribution is 2.03. The Balaban J connectivity index is 1.88. The van der Waals surface area contributed by atoms with Crippen molar-refractivity contribution in [1.29, 1.82) is 5.26 Å². The quantitative estimate of drug-likeness (QED) is 0.859. The van der Waals surface area contributed by atoms with Gasteiger partial charge in [-0.25, -0.2) is 4.98 Å². The Hall–Kier alpha value is -2.19. The third kappa shape index (κ3) is 3.13. The van der Waals surface area contributed by atoms with Gasteiger partial charge in [0.25, 0.3) is 0 Å². The minimum atomic E-state index is 0.430. The van der Waals surface area contributed by atoms with E-state index in [0.717, 1.165) is 17.0 Å². The zero-order valence-electron chi connectivity index (χ0n) is 9.47. The number of hydrogen-bond donors (Lipinski definition) is 1. The molecule has 86 valence electrons. The molecule has 1 N–H and O–H groups in total. The van der Waals surface area contributed by atoms with Gasteiger partial charge in [0.1, 0.15) is 11.8 Å². The molecule has 0 aliphatic heterocycles. The van der Waals surface area contributed by atoms with E-state index in [4.69, 9.17) is 9.78 Å². The smallest absolute Gasteiger partial charge is 0.150 e. The van der Waals surface area contributed by atoms with Crippen LogP contribution in [-0.2, 0) is 13.1 Å². The summed E-state index contributed by atoms with van der Waals surface area (Å²) >= 11 is 0. The predicted molar refractivity (Wildman–Crippen MR) is 60.7 cm³/mol. The lowest BCUT2D eigenvalue weighted by Crippen LogP contribution is -2.12. The fourth-order valence-electron chi connectivity index (χ4n) is 1.48. The van der Waals surface area contributed by atoms with E-state index in [9.17, 15) is 0 Å². The van der Waals surface area contributed by atoms with Gasteiger partial charge < -0.3 is 9.84 Å². The summed E-state index contributed by atoms with van der Waals surface area (Å²) in [6, 6.07) is 7.54. The molecule has 5 nitrogen and oxygen atoms in total. The van der Waals surface area contributed by atoms with Crippen LogP contribution in [0.1, 0.15) is 22.7 Å². The summed E-state index contributed by atoms with van der Waals surface area (Å²) in [5.41, 5.74) is 2.32. The van der Waals surface area contributed by atoms with E-state index in [1.807, 2.05) is 25.1 Å². The van der Waals surface area contributed by atoms with Crippen LogP contribution in [0.25, 0.3) is 0 Å². The highest BCUT2D eigenvalue weighted by molar-refractivity contribution is 5.25. The van der Waals surface area contributed by atoms with Crippen molar-refractivity contribution < 1.29 is 4.52 Å². The molecule has 0 radical (unpaired) electrons. The molecule has 0 amide bonds.